The van der Waals surface area contributed by atoms with E-state index in [2.05, 4.69) is 21.2 Å². The molecule has 0 aliphatic rings. The summed E-state index contributed by atoms with van der Waals surface area (Å²) in [4.78, 5) is 12.0. The molecule has 0 unspecified atom stereocenters. The van der Waals surface area contributed by atoms with Crippen LogP contribution in [0.4, 0.5) is 11.4 Å². The molecule has 0 spiro atoms. The van der Waals surface area contributed by atoms with Gasteiger partial charge in [-0.15, -0.1) is 0 Å². The van der Waals surface area contributed by atoms with Crippen molar-refractivity contribution in [3.63, 3.8) is 0 Å². The Labute approximate surface area is 119 Å². The quantitative estimate of drug-likeness (QED) is 0.587. The number of aryl methyl sites for hydroxylation is 1. The highest BCUT2D eigenvalue weighted by Crippen LogP contribution is 2.26. The van der Waals surface area contributed by atoms with Crippen LogP contribution in [0, 0.1) is 6.92 Å². The van der Waals surface area contributed by atoms with Gasteiger partial charge in [-0.05, 0) is 42.8 Å². The molecule has 0 saturated heterocycles. The van der Waals surface area contributed by atoms with E-state index in [1.54, 1.807) is 12.1 Å². The average Bonchev–Trinajstić information content (AvgIpc) is 2.37. The van der Waals surface area contributed by atoms with Crippen molar-refractivity contribution in [1.82, 2.24) is 0 Å². The molecule has 0 aromatic heterocycles. The Balaban J connectivity index is 2.26. The van der Waals surface area contributed by atoms with Gasteiger partial charge in [-0.3, -0.25) is 4.79 Å². The summed E-state index contributed by atoms with van der Waals surface area (Å²) in [5.74, 6) is -0.597. The van der Waals surface area contributed by atoms with Crippen molar-refractivity contribution >= 4 is 33.2 Å². The zero-order valence-electron chi connectivity index (χ0n) is 10.3. The Morgan fingerprint density at radius 1 is 1.32 bits per heavy atom. The van der Waals surface area contributed by atoms with E-state index < -0.39 is 5.91 Å². The SMILES string of the molecule is Cc1cc(NC(=O)c2cccc(N)c2O)ccc1Br. The number of nitrogens with one attached hydrogen (secondary N) is 1. The van der Waals surface area contributed by atoms with Gasteiger partial charge in [-0.25, -0.2) is 0 Å². The molecule has 2 aromatic rings. The Kier molecular flexibility index (Phi) is 3.76. The van der Waals surface area contributed by atoms with Crippen molar-refractivity contribution in [2.24, 2.45) is 0 Å². The maximum atomic E-state index is 12.0. The van der Waals surface area contributed by atoms with Crippen LogP contribution < -0.4 is 11.1 Å². The molecule has 2 rings (SSSR count). The van der Waals surface area contributed by atoms with E-state index in [0.717, 1.165) is 10.0 Å². The molecule has 0 bridgehead atoms. The summed E-state index contributed by atoms with van der Waals surface area (Å²) in [6.07, 6.45) is 0. The van der Waals surface area contributed by atoms with Crippen LogP contribution in [0.3, 0.4) is 0 Å². The summed E-state index contributed by atoms with van der Waals surface area (Å²) in [5, 5.41) is 12.5. The molecule has 2 aromatic carbocycles. The summed E-state index contributed by atoms with van der Waals surface area (Å²) in [5.41, 5.74) is 7.56. The topological polar surface area (TPSA) is 75.4 Å². The maximum Gasteiger partial charge on any atom is 0.259 e. The summed E-state index contributed by atoms with van der Waals surface area (Å²) >= 11 is 3.39. The predicted octanol–water partition coefficient (Wildman–Crippen LogP) is 3.30. The molecule has 1 amide bonds. The first-order chi connectivity index (χ1) is 8.99. The molecule has 0 radical (unpaired) electrons. The van der Waals surface area contributed by atoms with Crippen LogP contribution in [-0.4, -0.2) is 11.0 Å². The number of para-hydroxylation sites is 1. The molecular formula is C14H13BrN2O2. The van der Waals surface area contributed by atoms with Crippen LogP contribution >= 0.6 is 15.9 Å². The minimum Gasteiger partial charge on any atom is -0.505 e. The van der Waals surface area contributed by atoms with Crippen molar-refractivity contribution in [1.29, 1.82) is 0 Å². The molecule has 5 heteroatoms. The molecule has 19 heavy (non-hydrogen) atoms. The predicted molar refractivity (Wildman–Crippen MR) is 79.4 cm³/mol. The standard InChI is InChI=1S/C14H13BrN2O2/c1-8-7-9(5-6-11(8)15)17-14(19)10-3-2-4-12(16)13(10)18/h2-7,18H,16H2,1H3,(H,17,19). The minimum absolute atomic E-state index is 0.153. The second-order valence-electron chi connectivity index (χ2n) is 4.16. The smallest absolute Gasteiger partial charge is 0.259 e. The lowest BCUT2D eigenvalue weighted by Crippen LogP contribution is -2.12. The van der Waals surface area contributed by atoms with Gasteiger partial charge in [0.05, 0.1) is 11.3 Å². The second-order valence-corrected chi connectivity index (χ2v) is 5.02. The van der Waals surface area contributed by atoms with Gasteiger partial charge in [0.1, 0.15) is 0 Å². The normalized spacial score (nSPS) is 10.2. The first kappa shape index (κ1) is 13.4. The lowest BCUT2D eigenvalue weighted by Gasteiger charge is -2.09. The number of nitrogen functional groups attached to an aromatic ring is 1. The number of halogens is 1. The van der Waals surface area contributed by atoms with Crippen LogP contribution in [-0.2, 0) is 0 Å². The molecule has 98 valence electrons. The van der Waals surface area contributed by atoms with Crippen molar-refractivity contribution < 1.29 is 9.90 Å². The molecule has 4 N–H and O–H groups in total. The number of aromatic hydroxyl groups is 1. The highest BCUT2D eigenvalue weighted by molar-refractivity contribution is 9.10. The van der Waals surface area contributed by atoms with Crippen LogP contribution in [0.5, 0.6) is 5.75 Å². The second kappa shape index (κ2) is 5.32. The number of carbonyl (C=O) groups excluding carboxylic acids is 1. The van der Waals surface area contributed by atoms with Gasteiger partial charge < -0.3 is 16.2 Å². The number of benzene rings is 2. The van der Waals surface area contributed by atoms with Gasteiger partial charge in [0.25, 0.3) is 5.91 Å². The molecule has 4 nitrogen and oxygen atoms in total. The number of hydrogen-bond acceptors (Lipinski definition) is 3. The fourth-order valence-electron chi connectivity index (χ4n) is 1.67. The molecule has 0 fully saturated rings. The Hall–Kier alpha value is -2.01. The number of rotatable bonds is 2. The maximum absolute atomic E-state index is 12.0. The highest BCUT2D eigenvalue weighted by Gasteiger charge is 2.13. The van der Waals surface area contributed by atoms with Gasteiger partial charge in [0.2, 0.25) is 0 Å². The summed E-state index contributed by atoms with van der Waals surface area (Å²) in [7, 11) is 0. The van der Waals surface area contributed by atoms with Crippen molar-refractivity contribution in [3.8, 4) is 5.75 Å². The first-order valence-electron chi connectivity index (χ1n) is 5.64. The lowest BCUT2D eigenvalue weighted by molar-refractivity contribution is 0.102. The number of anilines is 2. The Morgan fingerprint density at radius 3 is 2.74 bits per heavy atom. The van der Waals surface area contributed by atoms with Gasteiger partial charge in [0.15, 0.2) is 5.75 Å². The van der Waals surface area contributed by atoms with Gasteiger partial charge in [0, 0.05) is 10.2 Å². The molecule has 0 heterocycles. The number of amides is 1. The van der Waals surface area contributed by atoms with E-state index in [1.165, 1.54) is 12.1 Å². The highest BCUT2D eigenvalue weighted by atomic mass is 79.9. The third-order valence-corrected chi connectivity index (χ3v) is 3.62. The van der Waals surface area contributed by atoms with Crippen molar-refractivity contribution in [2.45, 2.75) is 6.92 Å². The van der Waals surface area contributed by atoms with E-state index >= 15 is 0 Å². The first-order valence-corrected chi connectivity index (χ1v) is 6.43. The number of phenols is 1. The third kappa shape index (κ3) is 2.88. The van der Waals surface area contributed by atoms with E-state index in [9.17, 15) is 9.90 Å². The van der Waals surface area contributed by atoms with Gasteiger partial charge in [-0.1, -0.05) is 22.0 Å². The fourth-order valence-corrected chi connectivity index (χ4v) is 1.91. The number of carbonyl (C=O) groups is 1. The number of nitrogens with two attached hydrogens (primary N) is 1. The van der Waals surface area contributed by atoms with Crippen molar-refractivity contribution in [2.75, 3.05) is 11.1 Å². The summed E-state index contributed by atoms with van der Waals surface area (Å²) in [6.45, 7) is 1.93. The van der Waals surface area contributed by atoms with E-state index in [-0.39, 0.29) is 17.0 Å². The lowest BCUT2D eigenvalue weighted by atomic mass is 10.1. The number of phenolic OH excluding ortho intramolecular Hbond substituents is 1. The molecule has 0 atom stereocenters. The van der Waals surface area contributed by atoms with E-state index in [1.807, 2.05) is 19.1 Å². The van der Waals surface area contributed by atoms with Crippen LogP contribution in [0.1, 0.15) is 15.9 Å². The summed E-state index contributed by atoms with van der Waals surface area (Å²) < 4.78 is 0.970. The summed E-state index contributed by atoms with van der Waals surface area (Å²) in [6, 6.07) is 10.1. The minimum atomic E-state index is -0.397. The largest absolute Gasteiger partial charge is 0.505 e. The van der Waals surface area contributed by atoms with E-state index in [4.69, 9.17) is 5.73 Å². The van der Waals surface area contributed by atoms with Gasteiger partial charge in [-0.2, -0.15) is 0 Å². The molecule has 0 aliphatic carbocycles. The fraction of sp³-hybridized carbons (Fsp3) is 0.0714. The third-order valence-electron chi connectivity index (χ3n) is 2.73. The molecular weight excluding hydrogens is 308 g/mol. The van der Waals surface area contributed by atoms with Gasteiger partial charge >= 0.3 is 0 Å². The number of hydrogen-bond donors (Lipinski definition) is 3. The average molecular weight is 321 g/mol. The zero-order chi connectivity index (χ0) is 14.0. The zero-order valence-corrected chi connectivity index (χ0v) is 11.9. The van der Waals surface area contributed by atoms with Crippen molar-refractivity contribution in [3.05, 3.63) is 52.0 Å². The Bertz CT molecular complexity index is 641. The Morgan fingerprint density at radius 2 is 2.05 bits per heavy atom. The van der Waals surface area contributed by atoms with E-state index in [0.29, 0.717) is 5.69 Å². The molecule has 0 saturated carbocycles. The van der Waals surface area contributed by atoms with Crippen LogP contribution in [0.15, 0.2) is 40.9 Å². The van der Waals surface area contributed by atoms with Crippen LogP contribution in [0.2, 0.25) is 0 Å². The van der Waals surface area contributed by atoms with Crippen LogP contribution in [0.25, 0.3) is 0 Å². The monoisotopic (exact) mass is 320 g/mol. The molecule has 0 aliphatic heterocycles.